The van der Waals surface area contributed by atoms with Crippen LogP contribution in [0.2, 0.25) is 0 Å². The number of carboxylic acids is 1. The van der Waals surface area contributed by atoms with E-state index in [1.54, 1.807) is 36.4 Å². The molecule has 0 radical (unpaired) electrons. The standard InChI is InChI=1S/C23H16N2O6/c1-12-11-16(22(26)27)20(25(29)30)13(2)21(12)31-23(28)19-14-7-3-5-9-17(14)24-18-10-6-4-8-15(18)19/h3-11H,1-2H3,(H,26,27). The van der Waals surface area contributed by atoms with Crippen LogP contribution in [0, 0.1) is 24.0 Å². The van der Waals surface area contributed by atoms with E-state index >= 15 is 0 Å². The van der Waals surface area contributed by atoms with Gasteiger partial charge in [-0.1, -0.05) is 36.4 Å². The molecule has 0 atom stereocenters. The molecule has 0 bridgehead atoms. The number of fused-ring (bicyclic) bond motifs is 2. The summed E-state index contributed by atoms with van der Waals surface area (Å²) in [7, 11) is 0. The summed E-state index contributed by atoms with van der Waals surface area (Å²) in [5, 5.41) is 22.0. The highest BCUT2D eigenvalue weighted by molar-refractivity contribution is 6.15. The SMILES string of the molecule is Cc1cc(C(=O)O)c([N+](=O)[O-])c(C)c1OC(=O)c1c2ccccc2nc2ccccc12. The maximum Gasteiger partial charge on any atom is 0.344 e. The number of pyridine rings is 1. The summed E-state index contributed by atoms with van der Waals surface area (Å²) in [6.07, 6.45) is 0. The maximum absolute atomic E-state index is 13.3. The molecule has 31 heavy (non-hydrogen) atoms. The van der Waals surface area contributed by atoms with E-state index in [0.29, 0.717) is 27.4 Å². The predicted octanol–water partition coefficient (Wildman–Crippen LogP) is 4.83. The van der Waals surface area contributed by atoms with Gasteiger partial charge in [-0.25, -0.2) is 14.6 Å². The summed E-state index contributed by atoms with van der Waals surface area (Å²) in [5.41, 5.74) is 0.701. The first-order valence-corrected chi connectivity index (χ1v) is 9.31. The fourth-order valence-corrected chi connectivity index (χ4v) is 3.71. The van der Waals surface area contributed by atoms with Gasteiger partial charge in [-0.15, -0.1) is 0 Å². The van der Waals surface area contributed by atoms with Crippen LogP contribution in [0.15, 0.2) is 54.6 Å². The van der Waals surface area contributed by atoms with Crippen LogP contribution >= 0.6 is 0 Å². The number of rotatable bonds is 4. The summed E-state index contributed by atoms with van der Waals surface area (Å²) in [5.74, 6) is -2.17. The van der Waals surface area contributed by atoms with E-state index in [2.05, 4.69) is 4.98 Å². The van der Waals surface area contributed by atoms with Crippen molar-refractivity contribution in [1.29, 1.82) is 0 Å². The first-order chi connectivity index (χ1) is 14.8. The third-order valence-electron chi connectivity index (χ3n) is 5.07. The molecule has 1 aromatic heterocycles. The number of aromatic nitrogens is 1. The molecule has 154 valence electrons. The number of ether oxygens (including phenoxy) is 1. The van der Waals surface area contributed by atoms with E-state index in [1.165, 1.54) is 13.8 Å². The van der Waals surface area contributed by atoms with Crippen molar-refractivity contribution in [3.63, 3.8) is 0 Å². The van der Waals surface area contributed by atoms with E-state index in [0.717, 1.165) is 6.07 Å². The molecule has 0 amide bonds. The molecule has 0 unspecified atom stereocenters. The Hall–Kier alpha value is -4.33. The van der Waals surface area contributed by atoms with Gasteiger partial charge in [-0.05, 0) is 37.6 Å². The molecule has 0 spiro atoms. The number of hydrogen-bond acceptors (Lipinski definition) is 6. The minimum Gasteiger partial charge on any atom is -0.477 e. The molecule has 4 rings (SSSR count). The Morgan fingerprint density at radius 1 is 1.00 bits per heavy atom. The molecule has 0 saturated carbocycles. The van der Waals surface area contributed by atoms with E-state index in [9.17, 15) is 24.8 Å². The lowest BCUT2D eigenvalue weighted by Crippen LogP contribution is -2.14. The summed E-state index contributed by atoms with van der Waals surface area (Å²) in [6, 6.07) is 15.4. The van der Waals surface area contributed by atoms with Crippen LogP contribution in [0.5, 0.6) is 5.75 Å². The van der Waals surface area contributed by atoms with Crippen LogP contribution in [0.3, 0.4) is 0 Å². The lowest BCUT2D eigenvalue weighted by Gasteiger charge is -2.14. The molecule has 0 aliphatic heterocycles. The van der Waals surface area contributed by atoms with Crippen molar-refractivity contribution in [3.8, 4) is 5.75 Å². The van der Waals surface area contributed by atoms with Crippen LogP contribution in [-0.2, 0) is 0 Å². The van der Waals surface area contributed by atoms with Gasteiger partial charge in [0.15, 0.2) is 0 Å². The van der Waals surface area contributed by atoms with Crippen molar-refractivity contribution in [2.24, 2.45) is 0 Å². The Morgan fingerprint density at radius 3 is 2.06 bits per heavy atom. The van der Waals surface area contributed by atoms with Gasteiger partial charge >= 0.3 is 11.9 Å². The number of carboxylic acid groups (broad SMARTS) is 1. The molecule has 1 N–H and O–H groups in total. The van der Waals surface area contributed by atoms with E-state index in [1.807, 2.05) is 12.1 Å². The molecule has 0 aliphatic carbocycles. The molecule has 0 fully saturated rings. The number of esters is 1. The van der Waals surface area contributed by atoms with Gasteiger partial charge in [0, 0.05) is 10.8 Å². The van der Waals surface area contributed by atoms with Crippen LogP contribution in [0.1, 0.15) is 31.8 Å². The number of nitro groups is 1. The topological polar surface area (TPSA) is 120 Å². The highest BCUT2D eigenvalue weighted by Gasteiger charge is 2.29. The van der Waals surface area contributed by atoms with E-state index in [-0.39, 0.29) is 16.9 Å². The van der Waals surface area contributed by atoms with Crippen molar-refractivity contribution >= 4 is 39.4 Å². The fourth-order valence-electron chi connectivity index (χ4n) is 3.71. The number of nitro benzene ring substituents is 1. The third kappa shape index (κ3) is 3.33. The number of aryl methyl sites for hydroxylation is 1. The normalized spacial score (nSPS) is 10.9. The lowest BCUT2D eigenvalue weighted by molar-refractivity contribution is -0.385. The minimum atomic E-state index is -1.43. The Labute approximate surface area is 175 Å². The van der Waals surface area contributed by atoms with Gasteiger partial charge in [0.2, 0.25) is 0 Å². The molecular weight excluding hydrogens is 400 g/mol. The summed E-state index contributed by atoms with van der Waals surface area (Å²) < 4.78 is 5.64. The Kier molecular flexibility index (Phi) is 4.82. The molecule has 3 aromatic carbocycles. The zero-order chi connectivity index (χ0) is 22.3. The smallest absolute Gasteiger partial charge is 0.344 e. The van der Waals surface area contributed by atoms with Crippen LogP contribution in [0.25, 0.3) is 21.8 Å². The second-order valence-corrected chi connectivity index (χ2v) is 7.02. The number of para-hydroxylation sites is 2. The first kappa shape index (κ1) is 20.0. The van der Waals surface area contributed by atoms with Gasteiger partial charge in [-0.2, -0.15) is 0 Å². The maximum atomic E-state index is 13.3. The molecule has 0 aliphatic rings. The second kappa shape index (κ2) is 7.49. The van der Waals surface area contributed by atoms with Crippen molar-refractivity contribution in [3.05, 3.63) is 87.0 Å². The van der Waals surface area contributed by atoms with Crippen LogP contribution in [-0.4, -0.2) is 27.0 Å². The van der Waals surface area contributed by atoms with Gasteiger partial charge in [0.05, 0.1) is 27.1 Å². The summed E-state index contributed by atoms with van der Waals surface area (Å²) in [4.78, 5) is 40.1. The largest absolute Gasteiger partial charge is 0.477 e. The van der Waals surface area contributed by atoms with Gasteiger partial charge in [-0.3, -0.25) is 10.1 Å². The Morgan fingerprint density at radius 2 is 1.55 bits per heavy atom. The average molecular weight is 416 g/mol. The Bertz CT molecular complexity index is 1360. The lowest BCUT2D eigenvalue weighted by atomic mass is 10.0. The number of nitrogens with zero attached hydrogens (tertiary/aromatic N) is 2. The fraction of sp³-hybridized carbons (Fsp3) is 0.0870. The second-order valence-electron chi connectivity index (χ2n) is 7.02. The summed E-state index contributed by atoms with van der Waals surface area (Å²) >= 11 is 0. The van der Waals surface area contributed by atoms with E-state index in [4.69, 9.17) is 4.74 Å². The van der Waals surface area contributed by atoms with Crippen molar-refractivity contribution in [2.75, 3.05) is 0 Å². The van der Waals surface area contributed by atoms with Crippen LogP contribution < -0.4 is 4.74 Å². The molecular formula is C23H16N2O6. The zero-order valence-electron chi connectivity index (χ0n) is 16.6. The number of hydrogen-bond donors (Lipinski definition) is 1. The highest BCUT2D eigenvalue weighted by atomic mass is 16.6. The van der Waals surface area contributed by atoms with Gasteiger partial charge in [0.1, 0.15) is 11.3 Å². The molecule has 8 nitrogen and oxygen atoms in total. The van der Waals surface area contributed by atoms with Crippen molar-refractivity contribution in [1.82, 2.24) is 4.98 Å². The van der Waals surface area contributed by atoms with Gasteiger partial charge in [0.25, 0.3) is 5.69 Å². The quantitative estimate of drug-likeness (QED) is 0.166. The number of carbonyl (C=O) groups excluding carboxylic acids is 1. The van der Waals surface area contributed by atoms with Crippen molar-refractivity contribution in [2.45, 2.75) is 13.8 Å². The molecule has 0 saturated heterocycles. The third-order valence-corrected chi connectivity index (χ3v) is 5.07. The van der Waals surface area contributed by atoms with Crippen molar-refractivity contribution < 1.29 is 24.4 Å². The predicted molar refractivity (Wildman–Crippen MR) is 114 cm³/mol. The zero-order valence-corrected chi connectivity index (χ0v) is 16.6. The number of aromatic carboxylic acids is 1. The number of benzene rings is 3. The first-order valence-electron chi connectivity index (χ1n) is 9.31. The van der Waals surface area contributed by atoms with E-state index < -0.39 is 28.1 Å². The number of carbonyl (C=O) groups is 2. The monoisotopic (exact) mass is 416 g/mol. The minimum absolute atomic E-state index is 0.0292. The van der Waals surface area contributed by atoms with Gasteiger partial charge < -0.3 is 9.84 Å². The summed E-state index contributed by atoms with van der Waals surface area (Å²) in [6.45, 7) is 2.90. The van der Waals surface area contributed by atoms with Crippen LogP contribution in [0.4, 0.5) is 5.69 Å². The Balaban J connectivity index is 1.92. The highest BCUT2D eigenvalue weighted by Crippen LogP contribution is 2.36. The molecule has 4 aromatic rings. The molecule has 8 heteroatoms. The average Bonchev–Trinajstić information content (AvgIpc) is 2.73. The molecule has 1 heterocycles.